The number of aryl methyl sites for hydroxylation is 2. The zero-order valence-electron chi connectivity index (χ0n) is 16.1. The molecule has 4 aromatic rings. The monoisotopic (exact) mass is 444 g/mol. The molecule has 150 valence electrons. The lowest BCUT2D eigenvalue weighted by Gasteiger charge is -2.01. The Morgan fingerprint density at radius 1 is 1.03 bits per heavy atom. The number of hydrogen-bond acceptors (Lipinski definition) is 7. The van der Waals surface area contributed by atoms with Gasteiger partial charge in [0.15, 0.2) is 9.84 Å². The van der Waals surface area contributed by atoms with Gasteiger partial charge in [0, 0.05) is 10.9 Å². The lowest BCUT2D eigenvalue weighted by molar-refractivity contribution is 0.541. The molecule has 0 saturated heterocycles. The Morgan fingerprint density at radius 3 is 2.52 bits per heavy atom. The van der Waals surface area contributed by atoms with Crippen LogP contribution in [0.15, 0.2) is 51.6 Å². The van der Waals surface area contributed by atoms with E-state index in [2.05, 4.69) is 29.0 Å². The molecule has 0 amide bonds. The van der Waals surface area contributed by atoms with Gasteiger partial charge in [0.1, 0.15) is 10.8 Å². The fourth-order valence-corrected chi connectivity index (χ4v) is 5.91. The maximum Gasteiger partial charge on any atom is 0.236 e. The number of thiophene rings is 1. The number of aromatic nitrogens is 2. The van der Waals surface area contributed by atoms with Crippen LogP contribution in [0.1, 0.15) is 29.6 Å². The fraction of sp³-hybridized carbons (Fsp3) is 0.238. The van der Waals surface area contributed by atoms with E-state index in [9.17, 15) is 8.42 Å². The molecule has 0 unspecified atom stereocenters. The highest BCUT2D eigenvalue weighted by atomic mass is 32.2. The van der Waals surface area contributed by atoms with Crippen molar-refractivity contribution in [2.75, 3.05) is 0 Å². The van der Waals surface area contributed by atoms with E-state index in [-0.39, 0.29) is 11.5 Å². The predicted molar refractivity (Wildman–Crippen MR) is 118 cm³/mol. The van der Waals surface area contributed by atoms with Crippen molar-refractivity contribution in [2.24, 2.45) is 0 Å². The Bertz CT molecular complexity index is 1200. The van der Waals surface area contributed by atoms with Gasteiger partial charge >= 0.3 is 0 Å². The van der Waals surface area contributed by atoms with Crippen molar-refractivity contribution in [3.63, 3.8) is 0 Å². The third kappa shape index (κ3) is 4.66. The van der Waals surface area contributed by atoms with Crippen LogP contribution in [0.4, 0.5) is 0 Å². The second-order valence-corrected chi connectivity index (χ2v) is 10.6. The Morgan fingerprint density at radius 2 is 1.83 bits per heavy atom. The number of thiazole rings is 1. The van der Waals surface area contributed by atoms with Gasteiger partial charge < -0.3 is 4.42 Å². The van der Waals surface area contributed by atoms with E-state index in [4.69, 9.17) is 4.42 Å². The van der Waals surface area contributed by atoms with Crippen LogP contribution in [-0.4, -0.2) is 18.4 Å². The molecule has 29 heavy (non-hydrogen) atoms. The summed E-state index contributed by atoms with van der Waals surface area (Å²) >= 11 is 2.97. The number of rotatable bonds is 7. The van der Waals surface area contributed by atoms with Crippen molar-refractivity contribution < 1.29 is 12.8 Å². The Labute approximate surface area is 178 Å². The first-order valence-corrected chi connectivity index (χ1v) is 12.8. The minimum absolute atomic E-state index is 0.114. The third-order valence-corrected chi connectivity index (χ3v) is 7.76. The maximum atomic E-state index is 12.7. The average molecular weight is 445 g/mol. The topological polar surface area (TPSA) is 73.1 Å². The van der Waals surface area contributed by atoms with Crippen LogP contribution >= 0.6 is 22.7 Å². The average Bonchev–Trinajstić information content (AvgIpc) is 3.44. The molecular weight excluding hydrogens is 424 g/mol. The molecule has 0 spiro atoms. The molecule has 0 fully saturated rings. The van der Waals surface area contributed by atoms with Gasteiger partial charge in [-0.3, -0.25) is 0 Å². The standard InChI is InChI=1S/C21H20N2O3S3/c1-3-15-6-8-16(9-7-15)21-22-17(11-28-21)12-29(24,25)13-18-14(2)26-20(23-18)19-5-4-10-27-19/h4-11H,3,12-13H2,1-2H3. The normalized spacial score (nSPS) is 11.8. The molecule has 4 rings (SSSR count). The van der Waals surface area contributed by atoms with E-state index < -0.39 is 9.84 Å². The minimum Gasteiger partial charge on any atom is -0.440 e. The molecule has 0 atom stereocenters. The van der Waals surface area contributed by atoms with Gasteiger partial charge in [0.05, 0.1) is 27.8 Å². The summed E-state index contributed by atoms with van der Waals surface area (Å²) in [6, 6.07) is 12.0. The van der Waals surface area contributed by atoms with Crippen LogP contribution < -0.4 is 0 Å². The zero-order chi connectivity index (χ0) is 20.4. The Kier molecular flexibility index (Phi) is 5.67. The van der Waals surface area contributed by atoms with Gasteiger partial charge in [-0.1, -0.05) is 37.3 Å². The summed E-state index contributed by atoms with van der Waals surface area (Å²) in [6.07, 6.45) is 0.983. The van der Waals surface area contributed by atoms with Crippen LogP contribution in [0.25, 0.3) is 21.3 Å². The molecule has 0 aliphatic heterocycles. The minimum atomic E-state index is -3.42. The van der Waals surface area contributed by atoms with E-state index in [1.165, 1.54) is 28.2 Å². The molecule has 0 aliphatic carbocycles. The smallest absolute Gasteiger partial charge is 0.236 e. The van der Waals surface area contributed by atoms with Gasteiger partial charge in [-0.2, -0.15) is 0 Å². The number of oxazole rings is 1. The van der Waals surface area contributed by atoms with Crippen molar-refractivity contribution >= 4 is 32.5 Å². The molecule has 8 heteroatoms. The number of benzene rings is 1. The van der Waals surface area contributed by atoms with E-state index in [0.717, 1.165) is 21.9 Å². The molecule has 0 saturated carbocycles. The summed E-state index contributed by atoms with van der Waals surface area (Å²) in [5.74, 6) is 0.726. The largest absolute Gasteiger partial charge is 0.440 e. The summed E-state index contributed by atoms with van der Waals surface area (Å²) < 4.78 is 31.1. The summed E-state index contributed by atoms with van der Waals surface area (Å²) in [4.78, 5) is 9.81. The van der Waals surface area contributed by atoms with Crippen LogP contribution in [0.5, 0.6) is 0 Å². The predicted octanol–water partition coefficient (Wildman–Crippen LogP) is 5.51. The van der Waals surface area contributed by atoms with Gasteiger partial charge in [-0.25, -0.2) is 18.4 Å². The van der Waals surface area contributed by atoms with Crippen molar-refractivity contribution in [1.29, 1.82) is 0 Å². The SMILES string of the molecule is CCc1ccc(-c2nc(CS(=O)(=O)Cc3nc(-c4cccs4)oc3C)cs2)cc1. The Balaban J connectivity index is 1.48. The Hall–Kier alpha value is -2.29. The highest BCUT2D eigenvalue weighted by Crippen LogP contribution is 2.28. The van der Waals surface area contributed by atoms with Crippen LogP contribution in [0.3, 0.4) is 0 Å². The molecule has 0 aliphatic rings. The summed E-state index contributed by atoms with van der Waals surface area (Å²) in [5, 5.41) is 4.57. The van der Waals surface area contributed by atoms with Crippen molar-refractivity contribution in [1.82, 2.24) is 9.97 Å². The highest BCUT2D eigenvalue weighted by Gasteiger charge is 2.21. The van der Waals surface area contributed by atoms with Crippen LogP contribution in [0.2, 0.25) is 0 Å². The van der Waals surface area contributed by atoms with Crippen molar-refractivity contribution in [2.45, 2.75) is 31.8 Å². The van der Waals surface area contributed by atoms with E-state index in [0.29, 0.717) is 23.0 Å². The fourth-order valence-electron chi connectivity index (χ4n) is 2.94. The molecule has 0 bridgehead atoms. The van der Waals surface area contributed by atoms with Crippen molar-refractivity contribution in [3.8, 4) is 21.3 Å². The van der Waals surface area contributed by atoms with E-state index in [1.807, 2.05) is 35.0 Å². The first-order valence-electron chi connectivity index (χ1n) is 9.18. The third-order valence-electron chi connectivity index (χ3n) is 4.51. The highest BCUT2D eigenvalue weighted by molar-refractivity contribution is 7.89. The molecule has 3 aromatic heterocycles. The number of sulfone groups is 1. The first kappa shape index (κ1) is 20.0. The van der Waals surface area contributed by atoms with Crippen LogP contribution in [-0.2, 0) is 27.8 Å². The molecule has 1 aromatic carbocycles. The van der Waals surface area contributed by atoms with Crippen LogP contribution in [0, 0.1) is 6.92 Å². The first-order chi connectivity index (χ1) is 13.9. The van der Waals surface area contributed by atoms with Gasteiger partial charge in [-0.05, 0) is 30.4 Å². The van der Waals surface area contributed by atoms with E-state index in [1.54, 1.807) is 6.92 Å². The lowest BCUT2D eigenvalue weighted by atomic mass is 10.1. The number of nitrogens with zero attached hydrogens (tertiary/aromatic N) is 2. The molecule has 5 nitrogen and oxygen atoms in total. The summed E-state index contributed by atoms with van der Waals surface area (Å²) in [7, 11) is -3.42. The van der Waals surface area contributed by atoms with E-state index >= 15 is 0 Å². The molecule has 3 heterocycles. The van der Waals surface area contributed by atoms with Gasteiger partial charge in [0.25, 0.3) is 0 Å². The molecule has 0 N–H and O–H groups in total. The molecule has 0 radical (unpaired) electrons. The van der Waals surface area contributed by atoms with Gasteiger partial charge in [0.2, 0.25) is 5.89 Å². The second kappa shape index (κ2) is 8.22. The summed E-state index contributed by atoms with van der Waals surface area (Å²) in [6.45, 7) is 3.86. The quantitative estimate of drug-likeness (QED) is 0.376. The maximum absolute atomic E-state index is 12.7. The molecular formula is C21H20N2O3S3. The summed E-state index contributed by atoms with van der Waals surface area (Å²) in [5.41, 5.74) is 3.28. The van der Waals surface area contributed by atoms with Gasteiger partial charge in [-0.15, -0.1) is 22.7 Å². The zero-order valence-corrected chi connectivity index (χ0v) is 18.5. The van der Waals surface area contributed by atoms with Crippen molar-refractivity contribution in [3.05, 3.63) is 69.9 Å². The second-order valence-electron chi connectivity index (χ2n) is 6.73. The lowest BCUT2D eigenvalue weighted by Crippen LogP contribution is -2.09. The number of hydrogen-bond donors (Lipinski definition) is 0.